The number of aromatic carboxylic acids is 1. The molecule has 1 aromatic heterocycles. The molecular formula is C11H5BrCl2O3. The van der Waals surface area contributed by atoms with Gasteiger partial charge in [0.1, 0.15) is 5.76 Å². The molecule has 1 heterocycles. The summed E-state index contributed by atoms with van der Waals surface area (Å²) >= 11 is 15.3. The van der Waals surface area contributed by atoms with E-state index in [0.29, 0.717) is 21.4 Å². The number of carboxylic acid groups (broad SMARTS) is 1. The van der Waals surface area contributed by atoms with E-state index in [9.17, 15) is 4.79 Å². The summed E-state index contributed by atoms with van der Waals surface area (Å²) in [5.41, 5.74) is 0.476. The van der Waals surface area contributed by atoms with Crippen LogP contribution in [0.1, 0.15) is 10.6 Å². The Labute approximate surface area is 115 Å². The van der Waals surface area contributed by atoms with E-state index in [1.165, 1.54) is 12.1 Å². The van der Waals surface area contributed by atoms with Crippen LogP contribution in [-0.2, 0) is 0 Å². The number of benzene rings is 1. The molecule has 6 heteroatoms. The van der Waals surface area contributed by atoms with E-state index in [0.717, 1.165) is 4.47 Å². The summed E-state index contributed by atoms with van der Waals surface area (Å²) in [5, 5.41) is 9.53. The summed E-state index contributed by atoms with van der Waals surface area (Å²) < 4.78 is 5.89. The molecule has 88 valence electrons. The Balaban J connectivity index is 2.56. The summed E-state index contributed by atoms with van der Waals surface area (Å²) in [4.78, 5) is 10.7. The smallest absolute Gasteiger partial charge is 0.371 e. The first-order valence-corrected chi connectivity index (χ1v) is 6.02. The van der Waals surface area contributed by atoms with Crippen LogP contribution in [0.5, 0.6) is 0 Å². The Kier molecular flexibility index (Phi) is 3.47. The highest BCUT2D eigenvalue weighted by Crippen LogP contribution is 2.37. The maximum atomic E-state index is 10.7. The molecule has 0 amide bonds. The first-order valence-electron chi connectivity index (χ1n) is 4.47. The van der Waals surface area contributed by atoms with Gasteiger partial charge in [0.15, 0.2) is 0 Å². The van der Waals surface area contributed by atoms with E-state index in [1.807, 2.05) is 0 Å². The molecule has 2 rings (SSSR count). The number of rotatable bonds is 2. The third-order valence-corrected chi connectivity index (χ3v) is 3.12. The monoisotopic (exact) mass is 334 g/mol. The van der Waals surface area contributed by atoms with Crippen LogP contribution >= 0.6 is 39.1 Å². The van der Waals surface area contributed by atoms with Crippen molar-refractivity contribution in [1.82, 2.24) is 0 Å². The Bertz CT molecular complexity index is 569. The van der Waals surface area contributed by atoms with Gasteiger partial charge in [0, 0.05) is 4.47 Å². The predicted molar refractivity (Wildman–Crippen MR) is 68.8 cm³/mol. The van der Waals surface area contributed by atoms with Crippen LogP contribution in [0.2, 0.25) is 10.0 Å². The largest absolute Gasteiger partial charge is 0.475 e. The molecule has 0 atom stereocenters. The van der Waals surface area contributed by atoms with Gasteiger partial charge in [-0.2, -0.15) is 0 Å². The van der Waals surface area contributed by atoms with Gasteiger partial charge in [-0.25, -0.2) is 4.79 Å². The van der Waals surface area contributed by atoms with E-state index in [1.54, 1.807) is 12.1 Å². The molecular weight excluding hydrogens is 331 g/mol. The molecule has 0 radical (unpaired) electrons. The first-order chi connectivity index (χ1) is 7.99. The highest BCUT2D eigenvalue weighted by molar-refractivity contribution is 9.10. The minimum absolute atomic E-state index is 0.157. The van der Waals surface area contributed by atoms with Gasteiger partial charge in [-0.3, -0.25) is 0 Å². The second-order valence-corrected chi connectivity index (χ2v) is 4.94. The lowest BCUT2D eigenvalue weighted by molar-refractivity contribution is 0.0663. The van der Waals surface area contributed by atoms with Crippen molar-refractivity contribution < 1.29 is 14.3 Å². The van der Waals surface area contributed by atoms with Crippen molar-refractivity contribution in [2.24, 2.45) is 0 Å². The van der Waals surface area contributed by atoms with Crippen LogP contribution in [0.25, 0.3) is 11.3 Å². The quantitative estimate of drug-likeness (QED) is 0.864. The zero-order valence-electron chi connectivity index (χ0n) is 8.21. The number of furan rings is 1. The van der Waals surface area contributed by atoms with Crippen LogP contribution < -0.4 is 0 Å². The molecule has 0 spiro atoms. The normalized spacial score (nSPS) is 10.5. The van der Waals surface area contributed by atoms with E-state index in [4.69, 9.17) is 32.7 Å². The van der Waals surface area contributed by atoms with Crippen molar-refractivity contribution in [3.8, 4) is 11.3 Å². The highest BCUT2D eigenvalue weighted by Gasteiger charge is 2.16. The third-order valence-electron chi connectivity index (χ3n) is 2.07. The zero-order chi connectivity index (χ0) is 12.6. The number of carboxylic acids is 1. The fraction of sp³-hybridized carbons (Fsp3) is 0. The van der Waals surface area contributed by atoms with Crippen molar-refractivity contribution in [1.29, 1.82) is 0 Å². The van der Waals surface area contributed by atoms with Crippen LogP contribution in [-0.4, -0.2) is 11.1 Å². The SMILES string of the molecule is O=C(O)c1ccc(-c2c(Cl)cc(Br)cc2Cl)o1. The van der Waals surface area contributed by atoms with Gasteiger partial charge in [-0.15, -0.1) is 0 Å². The summed E-state index contributed by atoms with van der Waals surface area (Å²) in [6, 6.07) is 6.19. The summed E-state index contributed by atoms with van der Waals surface area (Å²) in [6.45, 7) is 0. The Morgan fingerprint density at radius 3 is 2.29 bits per heavy atom. The molecule has 0 unspecified atom stereocenters. The topological polar surface area (TPSA) is 50.4 Å². The number of hydrogen-bond acceptors (Lipinski definition) is 2. The molecule has 3 nitrogen and oxygen atoms in total. The lowest BCUT2D eigenvalue weighted by Crippen LogP contribution is -1.91. The third kappa shape index (κ3) is 2.49. The molecule has 1 N–H and O–H groups in total. The first kappa shape index (κ1) is 12.5. The van der Waals surface area contributed by atoms with Gasteiger partial charge in [0.05, 0.1) is 15.6 Å². The standard InChI is InChI=1S/C11H5BrCl2O3/c12-5-3-6(13)10(7(14)4-5)8-1-2-9(17-8)11(15)16/h1-4H,(H,15,16). The molecule has 0 saturated heterocycles. The maximum Gasteiger partial charge on any atom is 0.371 e. The predicted octanol–water partition coefficient (Wildman–Crippen LogP) is 4.71. The molecule has 0 bridgehead atoms. The number of halogens is 3. The maximum absolute atomic E-state index is 10.7. The van der Waals surface area contributed by atoms with Crippen LogP contribution in [0.4, 0.5) is 0 Å². The van der Waals surface area contributed by atoms with Crippen molar-refractivity contribution in [3.63, 3.8) is 0 Å². The Morgan fingerprint density at radius 1 is 1.24 bits per heavy atom. The van der Waals surface area contributed by atoms with E-state index >= 15 is 0 Å². The minimum atomic E-state index is -1.14. The van der Waals surface area contributed by atoms with Crippen LogP contribution in [0.15, 0.2) is 33.2 Å². The van der Waals surface area contributed by atoms with Gasteiger partial charge in [0.25, 0.3) is 0 Å². The Morgan fingerprint density at radius 2 is 1.82 bits per heavy atom. The summed E-state index contributed by atoms with van der Waals surface area (Å²) in [7, 11) is 0. The van der Waals surface area contributed by atoms with Crippen LogP contribution in [0, 0.1) is 0 Å². The average Bonchev–Trinajstić information content (AvgIpc) is 2.65. The number of carbonyl (C=O) groups is 1. The van der Waals surface area contributed by atoms with Gasteiger partial charge in [0.2, 0.25) is 5.76 Å². The fourth-order valence-electron chi connectivity index (χ4n) is 1.36. The second-order valence-electron chi connectivity index (χ2n) is 3.21. The van der Waals surface area contributed by atoms with Gasteiger partial charge in [-0.1, -0.05) is 39.1 Å². The molecule has 0 aliphatic rings. The van der Waals surface area contributed by atoms with Crippen molar-refractivity contribution in [2.45, 2.75) is 0 Å². The molecule has 17 heavy (non-hydrogen) atoms. The molecule has 0 aliphatic heterocycles. The van der Waals surface area contributed by atoms with Crippen LogP contribution in [0.3, 0.4) is 0 Å². The van der Waals surface area contributed by atoms with Crippen molar-refractivity contribution in [2.75, 3.05) is 0 Å². The van der Waals surface area contributed by atoms with E-state index in [2.05, 4.69) is 15.9 Å². The van der Waals surface area contributed by atoms with E-state index in [-0.39, 0.29) is 5.76 Å². The molecule has 0 aliphatic carbocycles. The van der Waals surface area contributed by atoms with Crippen molar-refractivity contribution >= 4 is 45.1 Å². The molecule has 1 aromatic carbocycles. The fourth-order valence-corrected chi connectivity index (χ4v) is 2.76. The van der Waals surface area contributed by atoms with Crippen molar-refractivity contribution in [3.05, 3.63) is 44.5 Å². The van der Waals surface area contributed by atoms with Gasteiger partial charge < -0.3 is 9.52 Å². The number of hydrogen-bond donors (Lipinski definition) is 1. The molecule has 0 saturated carbocycles. The average molecular weight is 336 g/mol. The lowest BCUT2D eigenvalue weighted by atomic mass is 10.2. The van der Waals surface area contributed by atoms with E-state index < -0.39 is 5.97 Å². The minimum Gasteiger partial charge on any atom is -0.475 e. The molecule has 2 aromatic rings. The summed E-state index contributed by atoms with van der Waals surface area (Å²) in [6.07, 6.45) is 0. The molecule has 0 fully saturated rings. The second kappa shape index (κ2) is 4.72. The van der Waals surface area contributed by atoms with Gasteiger partial charge >= 0.3 is 5.97 Å². The Hall–Kier alpha value is -0.970. The van der Waals surface area contributed by atoms with Gasteiger partial charge in [-0.05, 0) is 24.3 Å². The zero-order valence-corrected chi connectivity index (χ0v) is 11.3. The lowest BCUT2D eigenvalue weighted by Gasteiger charge is -2.04. The highest BCUT2D eigenvalue weighted by atomic mass is 79.9. The summed E-state index contributed by atoms with van der Waals surface area (Å²) in [5.74, 6) is -0.972.